The average Bonchev–Trinajstić information content (AvgIpc) is 3.15. The lowest BCUT2D eigenvalue weighted by Gasteiger charge is -2.30. The van der Waals surface area contributed by atoms with Crippen molar-refractivity contribution in [2.45, 2.75) is 72.4 Å². The fourth-order valence-electron chi connectivity index (χ4n) is 3.55. The van der Waals surface area contributed by atoms with Crippen LogP contribution in [-0.2, 0) is 33.3 Å². The van der Waals surface area contributed by atoms with Gasteiger partial charge in [0.1, 0.15) is 24.0 Å². The van der Waals surface area contributed by atoms with E-state index in [-0.39, 0.29) is 18.0 Å². The van der Waals surface area contributed by atoms with E-state index in [0.717, 1.165) is 0 Å². The lowest BCUT2D eigenvalue weighted by atomic mass is 9.78. The third-order valence-electron chi connectivity index (χ3n) is 5.50. The molecule has 3 aliphatic rings. The SMILES string of the molecule is CCC(C)(C)C(=O)OC1C2OC(=O)C3C2OC1C3C(=O)OCC(C)(C)C. The molecule has 3 aliphatic heterocycles. The second-order valence-corrected chi connectivity index (χ2v) is 9.29. The molecule has 0 aromatic carbocycles. The Balaban J connectivity index is 1.77. The Labute approximate surface area is 153 Å². The van der Waals surface area contributed by atoms with Crippen molar-refractivity contribution < 1.29 is 33.3 Å². The molecule has 0 amide bonds. The van der Waals surface area contributed by atoms with Crippen molar-refractivity contribution in [1.29, 1.82) is 0 Å². The van der Waals surface area contributed by atoms with Gasteiger partial charge in [0.05, 0.1) is 12.0 Å². The number of rotatable bonds is 5. The van der Waals surface area contributed by atoms with Crippen molar-refractivity contribution in [3.63, 3.8) is 0 Å². The van der Waals surface area contributed by atoms with Crippen molar-refractivity contribution in [2.24, 2.45) is 22.7 Å². The molecule has 0 aromatic rings. The fraction of sp³-hybridized carbons (Fsp3) is 0.842. The maximum absolute atomic E-state index is 12.6. The topological polar surface area (TPSA) is 88.1 Å². The fourth-order valence-corrected chi connectivity index (χ4v) is 3.55. The number of hydrogen-bond donors (Lipinski definition) is 0. The summed E-state index contributed by atoms with van der Waals surface area (Å²) in [5, 5.41) is 0. The average molecular weight is 368 g/mol. The number of hydrogen-bond acceptors (Lipinski definition) is 7. The van der Waals surface area contributed by atoms with Crippen molar-refractivity contribution >= 4 is 17.9 Å². The molecule has 0 saturated carbocycles. The third-order valence-corrected chi connectivity index (χ3v) is 5.50. The van der Waals surface area contributed by atoms with Crippen LogP contribution in [0.2, 0.25) is 0 Å². The Kier molecular flexibility index (Phi) is 4.58. The van der Waals surface area contributed by atoms with E-state index in [1.165, 1.54) is 0 Å². The molecule has 6 unspecified atom stereocenters. The van der Waals surface area contributed by atoms with E-state index in [1.807, 2.05) is 27.7 Å². The molecule has 26 heavy (non-hydrogen) atoms. The molecule has 0 spiro atoms. The minimum absolute atomic E-state index is 0.191. The molecule has 2 bridgehead atoms. The second-order valence-electron chi connectivity index (χ2n) is 9.29. The van der Waals surface area contributed by atoms with Gasteiger partial charge in [-0.2, -0.15) is 0 Å². The first-order valence-corrected chi connectivity index (χ1v) is 9.20. The first-order chi connectivity index (χ1) is 12.0. The van der Waals surface area contributed by atoms with E-state index >= 15 is 0 Å². The number of ether oxygens (including phenoxy) is 4. The summed E-state index contributed by atoms with van der Waals surface area (Å²) >= 11 is 0. The van der Waals surface area contributed by atoms with Gasteiger partial charge in [-0.05, 0) is 25.7 Å². The minimum Gasteiger partial charge on any atom is -0.465 e. The molecular weight excluding hydrogens is 340 g/mol. The largest absolute Gasteiger partial charge is 0.465 e. The first-order valence-electron chi connectivity index (χ1n) is 9.20. The maximum Gasteiger partial charge on any atom is 0.313 e. The van der Waals surface area contributed by atoms with E-state index in [9.17, 15) is 14.4 Å². The predicted octanol–water partition coefficient (Wildman–Crippen LogP) is 1.86. The predicted molar refractivity (Wildman–Crippen MR) is 89.9 cm³/mol. The Hall–Kier alpha value is -1.63. The van der Waals surface area contributed by atoms with Crippen LogP contribution in [0.1, 0.15) is 48.0 Å². The Morgan fingerprint density at radius 1 is 1.08 bits per heavy atom. The molecule has 6 atom stereocenters. The molecule has 0 N–H and O–H groups in total. The normalized spacial score (nSPS) is 35.4. The van der Waals surface area contributed by atoms with Gasteiger partial charge in [0.25, 0.3) is 0 Å². The zero-order valence-electron chi connectivity index (χ0n) is 16.2. The third kappa shape index (κ3) is 3.10. The molecule has 0 aromatic heterocycles. The molecule has 7 nitrogen and oxygen atoms in total. The molecule has 0 aliphatic carbocycles. The Bertz CT molecular complexity index is 618. The molecule has 0 radical (unpaired) electrons. The van der Waals surface area contributed by atoms with E-state index in [1.54, 1.807) is 13.8 Å². The summed E-state index contributed by atoms with van der Waals surface area (Å²) in [6, 6.07) is 0. The minimum atomic E-state index is -0.795. The molecule has 3 fully saturated rings. The van der Waals surface area contributed by atoms with Crippen LogP contribution >= 0.6 is 0 Å². The van der Waals surface area contributed by atoms with Gasteiger partial charge < -0.3 is 18.9 Å². The highest BCUT2D eigenvalue weighted by Gasteiger charge is 2.72. The first kappa shape index (κ1) is 19.1. The number of carbonyl (C=O) groups is 3. The quantitative estimate of drug-likeness (QED) is 0.540. The van der Waals surface area contributed by atoms with Crippen LogP contribution in [0.3, 0.4) is 0 Å². The summed E-state index contributed by atoms with van der Waals surface area (Å²) in [7, 11) is 0. The van der Waals surface area contributed by atoms with Gasteiger partial charge in [-0.1, -0.05) is 27.7 Å². The monoisotopic (exact) mass is 368 g/mol. The Morgan fingerprint density at radius 2 is 1.73 bits per heavy atom. The molecule has 3 rings (SSSR count). The lowest BCUT2D eigenvalue weighted by molar-refractivity contribution is -0.172. The molecule has 7 heteroatoms. The second kappa shape index (κ2) is 6.22. The van der Waals surface area contributed by atoms with Crippen LogP contribution in [0.4, 0.5) is 0 Å². The summed E-state index contributed by atoms with van der Waals surface area (Å²) in [6.07, 6.45) is -2.06. The van der Waals surface area contributed by atoms with Gasteiger partial charge in [0.15, 0.2) is 12.2 Å². The van der Waals surface area contributed by atoms with Crippen LogP contribution in [0.5, 0.6) is 0 Å². The summed E-state index contributed by atoms with van der Waals surface area (Å²) in [4.78, 5) is 37.4. The number of fused-ring (bicyclic) bond motifs is 1. The van der Waals surface area contributed by atoms with Crippen LogP contribution in [-0.4, -0.2) is 48.9 Å². The van der Waals surface area contributed by atoms with Gasteiger partial charge >= 0.3 is 17.9 Å². The summed E-state index contributed by atoms with van der Waals surface area (Å²) < 4.78 is 22.3. The summed E-state index contributed by atoms with van der Waals surface area (Å²) in [6.45, 7) is 11.6. The standard InChI is InChI=1S/C19H28O7/c1-7-19(5,6)17(22)26-14-11-9(15(20)23-8-18(2,3)4)10-12(24-11)13(14)25-16(10)21/h9-14H,7-8H2,1-6H3. The maximum atomic E-state index is 12.6. The van der Waals surface area contributed by atoms with Gasteiger partial charge in [-0.25, -0.2) is 0 Å². The number of carbonyl (C=O) groups excluding carboxylic acids is 3. The van der Waals surface area contributed by atoms with Gasteiger partial charge in [0.2, 0.25) is 0 Å². The number of esters is 3. The highest BCUT2D eigenvalue weighted by molar-refractivity contribution is 5.87. The van der Waals surface area contributed by atoms with Crippen LogP contribution < -0.4 is 0 Å². The van der Waals surface area contributed by atoms with Crippen molar-refractivity contribution in [3.8, 4) is 0 Å². The lowest BCUT2D eigenvalue weighted by Crippen LogP contribution is -2.49. The summed E-state index contributed by atoms with van der Waals surface area (Å²) in [5.74, 6) is -2.83. The Morgan fingerprint density at radius 3 is 2.31 bits per heavy atom. The van der Waals surface area contributed by atoms with E-state index in [0.29, 0.717) is 6.42 Å². The zero-order chi connectivity index (χ0) is 19.4. The van der Waals surface area contributed by atoms with E-state index in [4.69, 9.17) is 18.9 Å². The van der Waals surface area contributed by atoms with Gasteiger partial charge in [-0.15, -0.1) is 0 Å². The smallest absolute Gasteiger partial charge is 0.313 e. The highest BCUT2D eigenvalue weighted by atomic mass is 16.7. The van der Waals surface area contributed by atoms with Crippen molar-refractivity contribution in [1.82, 2.24) is 0 Å². The van der Waals surface area contributed by atoms with Crippen LogP contribution in [0.15, 0.2) is 0 Å². The van der Waals surface area contributed by atoms with Gasteiger partial charge in [0, 0.05) is 0 Å². The van der Waals surface area contributed by atoms with Crippen molar-refractivity contribution in [2.75, 3.05) is 6.61 Å². The van der Waals surface area contributed by atoms with Crippen molar-refractivity contribution in [3.05, 3.63) is 0 Å². The molecular formula is C19H28O7. The summed E-state index contributed by atoms with van der Waals surface area (Å²) in [5.41, 5.74) is -0.851. The zero-order valence-corrected chi connectivity index (χ0v) is 16.2. The molecule has 3 heterocycles. The molecule has 146 valence electrons. The van der Waals surface area contributed by atoms with Crippen LogP contribution in [0.25, 0.3) is 0 Å². The van der Waals surface area contributed by atoms with Gasteiger partial charge in [-0.3, -0.25) is 14.4 Å². The molecule has 3 saturated heterocycles. The van der Waals surface area contributed by atoms with E-state index in [2.05, 4.69) is 0 Å². The van der Waals surface area contributed by atoms with E-state index < -0.39 is 53.6 Å². The van der Waals surface area contributed by atoms with Crippen LogP contribution in [0, 0.1) is 22.7 Å². The highest BCUT2D eigenvalue weighted by Crippen LogP contribution is 2.51.